The summed E-state index contributed by atoms with van der Waals surface area (Å²) in [5.41, 5.74) is 2.36. The van der Waals surface area contributed by atoms with Crippen LogP contribution in [0.2, 0.25) is 0 Å². The summed E-state index contributed by atoms with van der Waals surface area (Å²) in [6.07, 6.45) is -0.00368. The van der Waals surface area contributed by atoms with Crippen molar-refractivity contribution in [1.82, 2.24) is 10.2 Å². The Bertz CT molecular complexity index is 758. The predicted octanol–water partition coefficient (Wildman–Crippen LogP) is 2.78. The fraction of sp³-hybridized carbons (Fsp3) is 0.409. The van der Waals surface area contributed by atoms with Crippen LogP contribution in [0.3, 0.4) is 0 Å². The van der Waals surface area contributed by atoms with E-state index in [0.29, 0.717) is 6.54 Å². The first-order valence-corrected chi connectivity index (χ1v) is 9.67. The molecule has 0 radical (unpaired) electrons. The van der Waals surface area contributed by atoms with E-state index in [1.165, 1.54) is 5.69 Å². The average molecular weight is 383 g/mol. The van der Waals surface area contributed by atoms with Crippen LogP contribution in [0.25, 0.3) is 0 Å². The van der Waals surface area contributed by atoms with Gasteiger partial charge in [0.15, 0.2) is 5.96 Å². The van der Waals surface area contributed by atoms with Gasteiger partial charge in [0.25, 0.3) is 0 Å². The number of hydrogen-bond acceptors (Lipinski definition) is 4. The number of piperazine rings is 1. The summed E-state index contributed by atoms with van der Waals surface area (Å²) in [5.74, 6) is 1.81. The van der Waals surface area contributed by atoms with Crippen molar-refractivity contribution in [3.8, 4) is 5.75 Å². The zero-order chi connectivity index (χ0) is 19.8. The average Bonchev–Trinajstić information content (AvgIpc) is 2.78. The van der Waals surface area contributed by atoms with Crippen LogP contribution in [0.1, 0.15) is 11.7 Å². The number of benzene rings is 2. The SMILES string of the molecule is CN=C(NCC(OC)c1ccccc1)N1CCN(c2cccc(OC)c2)CC1. The van der Waals surface area contributed by atoms with Gasteiger partial charge in [-0.2, -0.15) is 0 Å². The maximum Gasteiger partial charge on any atom is 0.193 e. The molecule has 0 aliphatic carbocycles. The van der Waals surface area contributed by atoms with Crippen LogP contribution >= 0.6 is 0 Å². The maximum atomic E-state index is 5.66. The summed E-state index contributed by atoms with van der Waals surface area (Å²) < 4.78 is 11.0. The van der Waals surface area contributed by atoms with Gasteiger partial charge in [-0.15, -0.1) is 0 Å². The highest BCUT2D eigenvalue weighted by molar-refractivity contribution is 5.80. The summed E-state index contributed by atoms with van der Waals surface area (Å²) in [7, 11) is 5.28. The van der Waals surface area contributed by atoms with Crippen molar-refractivity contribution in [3.05, 3.63) is 60.2 Å². The van der Waals surface area contributed by atoms with Gasteiger partial charge in [0.05, 0.1) is 13.2 Å². The molecular weight excluding hydrogens is 352 g/mol. The molecule has 1 atom stereocenters. The second kappa shape index (κ2) is 9.99. The summed E-state index contributed by atoms with van der Waals surface area (Å²) in [6, 6.07) is 18.5. The molecule has 1 aliphatic rings. The van der Waals surface area contributed by atoms with Crippen molar-refractivity contribution in [2.75, 3.05) is 58.9 Å². The number of ether oxygens (including phenoxy) is 2. The molecule has 3 rings (SSSR count). The molecule has 1 unspecified atom stereocenters. The minimum absolute atomic E-state index is 0.00368. The molecule has 1 N–H and O–H groups in total. The van der Waals surface area contributed by atoms with E-state index in [1.54, 1.807) is 14.2 Å². The van der Waals surface area contributed by atoms with Crippen LogP contribution in [0, 0.1) is 0 Å². The van der Waals surface area contributed by atoms with Gasteiger partial charge in [0.1, 0.15) is 5.75 Å². The molecule has 0 spiro atoms. The number of nitrogens with one attached hydrogen (secondary N) is 1. The molecule has 28 heavy (non-hydrogen) atoms. The van der Waals surface area contributed by atoms with Crippen molar-refractivity contribution in [3.63, 3.8) is 0 Å². The molecule has 0 bridgehead atoms. The van der Waals surface area contributed by atoms with Crippen LogP contribution in [-0.2, 0) is 4.74 Å². The van der Waals surface area contributed by atoms with Gasteiger partial charge in [-0.1, -0.05) is 36.4 Å². The molecule has 1 fully saturated rings. The largest absolute Gasteiger partial charge is 0.497 e. The molecule has 0 saturated carbocycles. The van der Waals surface area contributed by atoms with Crippen LogP contribution in [0.4, 0.5) is 5.69 Å². The van der Waals surface area contributed by atoms with Gasteiger partial charge < -0.3 is 24.6 Å². The van der Waals surface area contributed by atoms with Crippen LogP contribution in [0.5, 0.6) is 5.75 Å². The van der Waals surface area contributed by atoms with Crippen LogP contribution < -0.4 is 15.0 Å². The van der Waals surface area contributed by atoms with Gasteiger partial charge in [-0.3, -0.25) is 4.99 Å². The lowest BCUT2D eigenvalue weighted by molar-refractivity contribution is 0.105. The lowest BCUT2D eigenvalue weighted by Gasteiger charge is -2.38. The van der Waals surface area contributed by atoms with E-state index in [4.69, 9.17) is 9.47 Å². The molecule has 6 heteroatoms. The van der Waals surface area contributed by atoms with E-state index < -0.39 is 0 Å². The Morgan fingerprint density at radius 3 is 2.43 bits per heavy atom. The highest BCUT2D eigenvalue weighted by atomic mass is 16.5. The lowest BCUT2D eigenvalue weighted by atomic mass is 10.1. The number of anilines is 1. The van der Waals surface area contributed by atoms with Crippen molar-refractivity contribution in [2.24, 2.45) is 4.99 Å². The fourth-order valence-corrected chi connectivity index (χ4v) is 3.50. The summed E-state index contributed by atoms with van der Waals surface area (Å²) in [6.45, 7) is 4.41. The van der Waals surface area contributed by atoms with E-state index in [-0.39, 0.29) is 6.10 Å². The number of hydrogen-bond donors (Lipinski definition) is 1. The molecule has 2 aromatic carbocycles. The normalized spacial score (nSPS) is 16.0. The van der Waals surface area contributed by atoms with E-state index in [0.717, 1.165) is 43.5 Å². The first-order chi connectivity index (χ1) is 13.7. The maximum absolute atomic E-state index is 5.66. The first-order valence-electron chi connectivity index (χ1n) is 9.67. The standard InChI is InChI=1S/C22H30N4O2/c1-23-22(24-17-21(28-3)18-8-5-4-6-9-18)26-14-12-25(13-15-26)19-10-7-11-20(16-19)27-2/h4-11,16,21H,12-15,17H2,1-3H3,(H,23,24). The molecule has 6 nitrogen and oxygen atoms in total. The van der Waals surface area contributed by atoms with E-state index >= 15 is 0 Å². The molecule has 0 amide bonds. The van der Waals surface area contributed by atoms with Crippen molar-refractivity contribution in [2.45, 2.75) is 6.10 Å². The molecular formula is C22H30N4O2. The Labute approximate surface area is 167 Å². The van der Waals surface area contributed by atoms with E-state index in [1.807, 2.05) is 37.4 Å². The Kier molecular flexibility index (Phi) is 7.14. The van der Waals surface area contributed by atoms with Gasteiger partial charge in [0.2, 0.25) is 0 Å². The zero-order valence-electron chi connectivity index (χ0n) is 17.0. The van der Waals surface area contributed by atoms with Crippen molar-refractivity contribution < 1.29 is 9.47 Å². The molecule has 1 saturated heterocycles. The van der Waals surface area contributed by atoms with Crippen molar-refractivity contribution >= 4 is 11.6 Å². The second-order valence-electron chi connectivity index (χ2n) is 6.74. The molecule has 150 valence electrons. The molecule has 2 aromatic rings. The highest BCUT2D eigenvalue weighted by Crippen LogP contribution is 2.22. The summed E-state index contributed by atoms with van der Waals surface area (Å²) >= 11 is 0. The highest BCUT2D eigenvalue weighted by Gasteiger charge is 2.21. The monoisotopic (exact) mass is 382 g/mol. The number of rotatable bonds is 6. The molecule has 1 heterocycles. The third kappa shape index (κ3) is 4.95. The quantitative estimate of drug-likeness (QED) is 0.615. The second-order valence-corrected chi connectivity index (χ2v) is 6.74. The Morgan fingerprint density at radius 2 is 1.79 bits per heavy atom. The minimum Gasteiger partial charge on any atom is -0.497 e. The Balaban J connectivity index is 1.55. The zero-order valence-corrected chi connectivity index (χ0v) is 17.0. The lowest BCUT2D eigenvalue weighted by Crippen LogP contribution is -2.53. The number of guanidine groups is 1. The molecule has 1 aliphatic heterocycles. The fourth-order valence-electron chi connectivity index (χ4n) is 3.50. The number of nitrogens with zero attached hydrogens (tertiary/aromatic N) is 3. The minimum atomic E-state index is -0.00368. The van der Waals surface area contributed by atoms with E-state index in [2.05, 4.69) is 44.4 Å². The van der Waals surface area contributed by atoms with Gasteiger partial charge in [-0.25, -0.2) is 0 Å². The van der Waals surface area contributed by atoms with Crippen molar-refractivity contribution in [1.29, 1.82) is 0 Å². The van der Waals surface area contributed by atoms with Crippen LogP contribution in [-0.4, -0.2) is 64.9 Å². The molecule has 0 aromatic heterocycles. The number of aliphatic imine (C=N–C) groups is 1. The topological polar surface area (TPSA) is 49.3 Å². The summed E-state index contributed by atoms with van der Waals surface area (Å²) in [5, 5.41) is 3.47. The first kappa shape index (κ1) is 20.0. The smallest absolute Gasteiger partial charge is 0.193 e. The summed E-state index contributed by atoms with van der Waals surface area (Å²) in [4.78, 5) is 9.16. The third-order valence-corrected chi connectivity index (χ3v) is 5.11. The third-order valence-electron chi connectivity index (χ3n) is 5.11. The number of methoxy groups -OCH3 is 2. The Hall–Kier alpha value is -2.73. The van der Waals surface area contributed by atoms with Crippen LogP contribution in [0.15, 0.2) is 59.6 Å². The predicted molar refractivity (Wildman–Crippen MR) is 114 cm³/mol. The van der Waals surface area contributed by atoms with E-state index in [9.17, 15) is 0 Å². The van der Waals surface area contributed by atoms with Gasteiger partial charge in [-0.05, 0) is 17.7 Å². The van der Waals surface area contributed by atoms with Gasteiger partial charge in [0, 0.05) is 58.6 Å². The van der Waals surface area contributed by atoms with Gasteiger partial charge >= 0.3 is 0 Å². The Morgan fingerprint density at radius 1 is 1.04 bits per heavy atom.